The van der Waals surface area contributed by atoms with Gasteiger partial charge in [0.2, 0.25) is 5.91 Å². The molecule has 0 aliphatic heterocycles. The van der Waals surface area contributed by atoms with E-state index < -0.39 is 5.97 Å². The molecule has 4 nitrogen and oxygen atoms in total. The van der Waals surface area contributed by atoms with Gasteiger partial charge in [-0.15, -0.1) is 0 Å². The van der Waals surface area contributed by atoms with Crippen LogP contribution in [0.3, 0.4) is 0 Å². The fraction of sp³-hybridized carbons (Fsp3) is 0.385. The Bertz CT molecular complexity index is 478. The molecule has 0 aliphatic rings. The summed E-state index contributed by atoms with van der Waals surface area (Å²) in [4.78, 5) is 22.6. The van der Waals surface area contributed by atoms with E-state index in [0.29, 0.717) is 16.6 Å². The van der Waals surface area contributed by atoms with Gasteiger partial charge >= 0.3 is 5.97 Å². The summed E-state index contributed by atoms with van der Waals surface area (Å²) in [5, 5.41) is 11.6. The van der Waals surface area contributed by atoms with Crippen molar-refractivity contribution in [3.63, 3.8) is 0 Å². The number of carboxylic acid groups (broad SMARTS) is 1. The number of anilines is 1. The summed E-state index contributed by atoms with van der Waals surface area (Å²) in [5.41, 5.74) is 0.512. The van der Waals surface area contributed by atoms with Gasteiger partial charge in [-0.1, -0.05) is 36.7 Å². The Balaban J connectivity index is 2.85. The fourth-order valence-corrected chi connectivity index (χ4v) is 1.97. The van der Waals surface area contributed by atoms with Gasteiger partial charge < -0.3 is 10.4 Å². The zero-order valence-corrected chi connectivity index (χ0v) is 12.2. The van der Waals surface area contributed by atoms with Crippen LogP contribution >= 0.6 is 15.9 Å². The van der Waals surface area contributed by atoms with Gasteiger partial charge in [-0.3, -0.25) is 4.79 Å². The molecule has 1 aromatic rings. The van der Waals surface area contributed by atoms with E-state index in [9.17, 15) is 9.59 Å². The highest BCUT2D eigenvalue weighted by atomic mass is 79.9. The lowest BCUT2D eigenvalue weighted by Crippen LogP contribution is -2.19. The van der Waals surface area contributed by atoms with Crippen molar-refractivity contribution in [3.8, 4) is 0 Å². The molecule has 5 heteroatoms. The molecule has 1 rings (SSSR count). The molecule has 0 radical (unpaired) electrons. The van der Waals surface area contributed by atoms with Crippen LogP contribution in [0, 0.1) is 5.41 Å². The molecular weight excluding hydrogens is 298 g/mol. The molecule has 98 valence electrons. The Labute approximate surface area is 115 Å². The van der Waals surface area contributed by atoms with Crippen LogP contribution < -0.4 is 5.32 Å². The molecule has 0 heterocycles. The SMILES string of the molecule is CC(C)(C)CC(=O)Nc1cc(Br)cc(C(=O)O)c1. The second-order valence-corrected chi connectivity index (χ2v) is 6.24. The molecule has 0 saturated carbocycles. The third-order valence-corrected chi connectivity index (χ3v) is 2.58. The summed E-state index contributed by atoms with van der Waals surface area (Å²) in [6, 6.07) is 4.60. The predicted octanol–water partition coefficient (Wildman–Crippen LogP) is 3.52. The van der Waals surface area contributed by atoms with Crippen molar-refractivity contribution < 1.29 is 14.7 Å². The van der Waals surface area contributed by atoms with E-state index in [0.717, 1.165) is 0 Å². The first kappa shape index (κ1) is 14.7. The largest absolute Gasteiger partial charge is 0.478 e. The van der Waals surface area contributed by atoms with Gasteiger partial charge in [0.25, 0.3) is 0 Å². The molecule has 18 heavy (non-hydrogen) atoms. The van der Waals surface area contributed by atoms with Crippen molar-refractivity contribution in [2.75, 3.05) is 5.32 Å². The van der Waals surface area contributed by atoms with E-state index in [2.05, 4.69) is 21.2 Å². The minimum atomic E-state index is -1.03. The van der Waals surface area contributed by atoms with Gasteiger partial charge in [0.05, 0.1) is 5.56 Å². The van der Waals surface area contributed by atoms with Crippen molar-refractivity contribution in [3.05, 3.63) is 28.2 Å². The summed E-state index contributed by atoms with van der Waals surface area (Å²) >= 11 is 3.22. The summed E-state index contributed by atoms with van der Waals surface area (Å²) < 4.78 is 0.619. The molecule has 1 aromatic carbocycles. The summed E-state index contributed by atoms with van der Waals surface area (Å²) in [6.07, 6.45) is 0.377. The first-order chi connectivity index (χ1) is 8.17. The summed E-state index contributed by atoms with van der Waals surface area (Å²) in [5.74, 6) is -1.15. The molecule has 0 spiro atoms. The number of carboxylic acids is 1. The van der Waals surface area contributed by atoms with Gasteiger partial charge in [0.1, 0.15) is 0 Å². The van der Waals surface area contributed by atoms with Crippen molar-refractivity contribution in [2.24, 2.45) is 5.41 Å². The second-order valence-electron chi connectivity index (χ2n) is 5.32. The number of amides is 1. The van der Waals surface area contributed by atoms with Crippen LogP contribution in [0.1, 0.15) is 37.6 Å². The highest BCUT2D eigenvalue weighted by Gasteiger charge is 2.16. The van der Waals surface area contributed by atoms with E-state index in [1.807, 2.05) is 20.8 Å². The number of hydrogen-bond acceptors (Lipinski definition) is 2. The third kappa shape index (κ3) is 4.87. The van der Waals surface area contributed by atoms with Crippen molar-refractivity contribution in [1.29, 1.82) is 0 Å². The standard InChI is InChI=1S/C13H16BrNO3/c1-13(2,3)7-11(16)15-10-5-8(12(17)18)4-9(14)6-10/h4-6H,7H2,1-3H3,(H,15,16)(H,17,18). The van der Waals surface area contributed by atoms with Crippen molar-refractivity contribution >= 4 is 33.5 Å². The third-order valence-electron chi connectivity index (χ3n) is 2.12. The number of benzene rings is 1. The molecule has 0 saturated heterocycles. The summed E-state index contributed by atoms with van der Waals surface area (Å²) in [6.45, 7) is 5.91. The first-order valence-corrected chi connectivity index (χ1v) is 6.30. The molecule has 0 bridgehead atoms. The molecule has 0 aromatic heterocycles. The van der Waals surface area contributed by atoms with Crippen molar-refractivity contribution in [1.82, 2.24) is 0 Å². The van der Waals surface area contributed by atoms with Crippen LogP contribution in [0.2, 0.25) is 0 Å². The zero-order chi connectivity index (χ0) is 13.9. The number of aromatic carboxylic acids is 1. The smallest absolute Gasteiger partial charge is 0.335 e. The normalized spacial score (nSPS) is 11.1. The predicted molar refractivity (Wildman–Crippen MR) is 73.8 cm³/mol. The number of carbonyl (C=O) groups is 2. The monoisotopic (exact) mass is 313 g/mol. The molecule has 0 unspecified atom stereocenters. The number of rotatable bonds is 3. The van der Waals surface area contributed by atoms with Crippen LogP contribution in [-0.4, -0.2) is 17.0 Å². The highest BCUT2D eigenvalue weighted by molar-refractivity contribution is 9.10. The van der Waals surface area contributed by atoms with Gasteiger partial charge in [-0.25, -0.2) is 4.79 Å². The lowest BCUT2D eigenvalue weighted by atomic mass is 9.92. The lowest BCUT2D eigenvalue weighted by molar-refractivity contribution is -0.117. The van der Waals surface area contributed by atoms with E-state index in [1.165, 1.54) is 12.1 Å². The maximum absolute atomic E-state index is 11.7. The Morgan fingerprint density at radius 1 is 1.28 bits per heavy atom. The maximum atomic E-state index is 11.7. The van der Waals surface area contributed by atoms with Gasteiger partial charge in [0, 0.05) is 16.6 Å². The topological polar surface area (TPSA) is 66.4 Å². The molecular formula is C13H16BrNO3. The average Bonchev–Trinajstić information content (AvgIpc) is 2.12. The number of nitrogens with one attached hydrogen (secondary N) is 1. The van der Waals surface area contributed by atoms with E-state index >= 15 is 0 Å². The lowest BCUT2D eigenvalue weighted by Gasteiger charge is -2.17. The van der Waals surface area contributed by atoms with Gasteiger partial charge in [-0.05, 0) is 23.6 Å². The van der Waals surface area contributed by atoms with Crippen LogP contribution in [0.15, 0.2) is 22.7 Å². The fourth-order valence-electron chi connectivity index (χ4n) is 1.47. The van der Waals surface area contributed by atoms with E-state index in [4.69, 9.17) is 5.11 Å². The molecule has 0 atom stereocenters. The minimum absolute atomic E-state index is 0.105. The van der Waals surface area contributed by atoms with E-state index in [1.54, 1.807) is 6.07 Å². The first-order valence-electron chi connectivity index (χ1n) is 5.51. The van der Waals surface area contributed by atoms with Crippen LogP contribution in [-0.2, 0) is 4.79 Å². The maximum Gasteiger partial charge on any atom is 0.335 e. The molecule has 1 amide bonds. The number of hydrogen-bond donors (Lipinski definition) is 2. The Kier molecular flexibility index (Phi) is 4.51. The van der Waals surface area contributed by atoms with Crippen LogP contribution in [0.5, 0.6) is 0 Å². The molecule has 0 fully saturated rings. The summed E-state index contributed by atoms with van der Waals surface area (Å²) in [7, 11) is 0. The Morgan fingerprint density at radius 3 is 2.39 bits per heavy atom. The van der Waals surface area contributed by atoms with Gasteiger partial charge in [0.15, 0.2) is 0 Å². The van der Waals surface area contributed by atoms with Crippen LogP contribution in [0.4, 0.5) is 5.69 Å². The van der Waals surface area contributed by atoms with Crippen LogP contribution in [0.25, 0.3) is 0 Å². The zero-order valence-electron chi connectivity index (χ0n) is 10.6. The highest BCUT2D eigenvalue weighted by Crippen LogP contribution is 2.22. The molecule has 2 N–H and O–H groups in total. The van der Waals surface area contributed by atoms with Gasteiger partial charge in [-0.2, -0.15) is 0 Å². The number of carbonyl (C=O) groups excluding carboxylic acids is 1. The van der Waals surface area contributed by atoms with E-state index in [-0.39, 0.29) is 16.9 Å². The second kappa shape index (κ2) is 5.52. The van der Waals surface area contributed by atoms with Crippen molar-refractivity contribution in [2.45, 2.75) is 27.2 Å². The molecule has 0 aliphatic carbocycles. The average molecular weight is 314 g/mol. The Morgan fingerprint density at radius 2 is 1.89 bits per heavy atom. The quantitative estimate of drug-likeness (QED) is 0.897. The minimum Gasteiger partial charge on any atom is -0.478 e. The number of halogens is 1. The Hall–Kier alpha value is -1.36.